The second kappa shape index (κ2) is 5.68. The molecule has 1 aliphatic heterocycles. The Morgan fingerprint density at radius 1 is 1.42 bits per heavy atom. The Morgan fingerprint density at radius 3 is 2.42 bits per heavy atom. The van der Waals surface area contributed by atoms with E-state index in [1.807, 2.05) is 27.7 Å². The van der Waals surface area contributed by atoms with Crippen LogP contribution in [0.4, 0.5) is 4.39 Å². The minimum Gasteiger partial charge on any atom is -0.340 e. The van der Waals surface area contributed by atoms with Crippen molar-refractivity contribution < 1.29 is 9.18 Å². The number of likely N-dealkylation sites (tertiary alicyclic amines) is 1. The average Bonchev–Trinajstić information content (AvgIpc) is 2.56. The summed E-state index contributed by atoms with van der Waals surface area (Å²) in [7, 11) is 1.76. The van der Waals surface area contributed by atoms with Crippen molar-refractivity contribution in [1.82, 2.24) is 9.88 Å². The van der Waals surface area contributed by atoms with Crippen molar-refractivity contribution in [3.8, 4) is 0 Å². The second-order valence-corrected chi connectivity index (χ2v) is 5.35. The Labute approximate surface area is 114 Å². The zero-order chi connectivity index (χ0) is 14.8. The van der Waals surface area contributed by atoms with Crippen molar-refractivity contribution >= 4 is 5.91 Å². The summed E-state index contributed by atoms with van der Waals surface area (Å²) in [6.07, 6.45) is 2.21. The van der Waals surface area contributed by atoms with Crippen molar-refractivity contribution in [2.24, 2.45) is 0 Å². The summed E-state index contributed by atoms with van der Waals surface area (Å²) >= 11 is 0. The first-order valence-corrected chi connectivity index (χ1v) is 6.72. The molecule has 2 rings (SSSR count). The smallest absolute Gasteiger partial charge is 0.232 e. The summed E-state index contributed by atoms with van der Waals surface area (Å²) in [6, 6.07) is 1.43. The van der Waals surface area contributed by atoms with Gasteiger partial charge in [0.2, 0.25) is 5.91 Å². The molecule has 1 fully saturated rings. The number of carbonyl (C=O) groups excluding carboxylic acids is 1. The molecule has 0 aliphatic carbocycles. The van der Waals surface area contributed by atoms with Gasteiger partial charge in [-0.05, 0) is 38.8 Å². The molecular formula is C15H23FN2O. The van der Waals surface area contributed by atoms with E-state index in [9.17, 15) is 9.18 Å². The molecule has 1 aliphatic rings. The number of nitrogens with zero attached hydrogens (tertiary/aromatic N) is 2. The van der Waals surface area contributed by atoms with E-state index >= 15 is 0 Å². The summed E-state index contributed by atoms with van der Waals surface area (Å²) < 4.78 is 13.8. The van der Waals surface area contributed by atoms with E-state index in [-0.39, 0.29) is 23.0 Å². The first kappa shape index (κ1) is 15.6. The van der Waals surface area contributed by atoms with Crippen LogP contribution in [0.15, 0.2) is 12.3 Å². The lowest BCUT2D eigenvalue weighted by Gasteiger charge is -2.26. The zero-order valence-corrected chi connectivity index (χ0v) is 12.6. The van der Waals surface area contributed by atoms with E-state index < -0.39 is 5.92 Å². The predicted octanol–water partition coefficient (Wildman–Crippen LogP) is 3.28. The Kier molecular flexibility index (Phi) is 4.66. The van der Waals surface area contributed by atoms with Crippen molar-refractivity contribution in [1.29, 1.82) is 0 Å². The Morgan fingerprint density at radius 2 is 2.00 bits per heavy atom. The minimum absolute atomic E-state index is 0.0507. The average molecular weight is 266 g/mol. The highest BCUT2D eigenvalue weighted by Crippen LogP contribution is 2.38. The number of likely N-dealkylation sites (N-methyl/N-ethyl adjacent to an activating group) is 1. The van der Waals surface area contributed by atoms with Gasteiger partial charge in [-0.2, -0.15) is 0 Å². The van der Waals surface area contributed by atoms with E-state index in [0.29, 0.717) is 6.42 Å². The number of pyridine rings is 1. The zero-order valence-electron chi connectivity index (χ0n) is 12.6. The third kappa shape index (κ3) is 2.94. The molecule has 106 valence electrons. The van der Waals surface area contributed by atoms with Gasteiger partial charge >= 0.3 is 0 Å². The fourth-order valence-corrected chi connectivity index (χ4v) is 2.27. The molecule has 1 saturated heterocycles. The van der Waals surface area contributed by atoms with E-state index in [2.05, 4.69) is 4.98 Å². The summed E-state index contributed by atoms with van der Waals surface area (Å²) in [5, 5.41) is 0. The molecule has 2 heterocycles. The summed E-state index contributed by atoms with van der Waals surface area (Å²) in [4.78, 5) is 17.8. The third-order valence-corrected chi connectivity index (χ3v) is 3.58. The highest BCUT2D eigenvalue weighted by atomic mass is 19.1. The molecule has 3 nitrogen and oxygen atoms in total. The van der Waals surface area contributed by atoms with E-state index in [4.69, 9.17) is 0 Å². The van der Waals surface area contributed by atoms with Gasteiger partial charge in [0.05, 0.1) is 11.6 Å². The Hall–Kier alpha value is -1.45. The quantitative estimate of drug-likeness (QED) is 0.781. The normalized spacial score (nSPS) is 21.1. The number of aryl methyl sites for hydroxylation is 1. The van der Waals surface area contributed by atoms with Crippen LogP contribution in [0.1, 0.15) is 51.3 Å². The third-order valence-electron chi connectivity index (χ3n) is 3.58. The molecule has 1 aromatic heterocycles. The number of carbonyl (C=O) groups is 1. The fraction of sp³-hybridized carbons (Fsp3) is 0.600. The minimum atomic E-state index is -0.449. The molecule has 0 spiro atoms. The molecule has 19 heavy (non-hydrogen) atoms. The number of hydrogen-bond donors (Lipinski definition) is 0. The van der Waals surface area contributed by atoms with Crippen LogP contribution in [-0.4, -0.2) is 28.4 Å². The van der Waals surface area contributed by atoms with Gasteiger partial charge in [0, 0.05) is 18.8 Å². The van der Waals surface area contributed by atoms with Gasteiger partial charge in [-0.3, -0.25) is 9.78 Å². The standard InChI is InChI=1S/C13H17FN2O.C2H6/c1-8-5-10(14)11(15-7-8)9-6-13(2,3)16(4)12(9)17;1-2/h5,7,9H,6H2,1-4H3;1-2H3. The monoisotopic (exact) mass is 266 g/mol. The van der Waals surface area contributed by atoms with Gasteiger partial charge in [0.15, 0.2) is 0 Å². The van der Waals surface area contributed by atoms with Crippen LogP contribution in [0, 0.1) is 12.7 Å². The summed E-state index contributed by atoms with van der Waals surface area (Å²) in [6.45, 7) is 9.75. The number of hydrogen-bond acceptors (Lipinski definition) is 2. The summed E-state index contributed by atoms with van der Waals surface area (Å²) in [5.41, 5.74) is 0.808. The lowest BCUT2D eigenvalue weighted by Crippen LogP contribution is -2.37. The van der Waals surface area contributed by atoms with Crippen LogP contribution < -0.4 is 0 Å². The van der Waals surface area contributed by atoms with Crippen LogP contribution in [0.3, 0.4) is 0 Å². The van der Waals surface area contributed by atoms with Crippen molar-refractivity contribution in [3.63, 3.8) is 0 Å². The van der Waals surface area contributed by atoms with Gasteiger partial charge in [-0.25, -0.2) is 4.39 Å². The highest BCUT2D eigenvalue weighted by Gasteiger charge is 2.44. The lowest BCUT2D eigenvalue weighted by atomic mass is 9.93. The Bertz CT molecular complexity index is 471. The SMILES string of the molecule is CC.Cc1cnc(C2CC(C)(C)N(C)C2=O)c(F)c1. The molecule has 0 aromatic carbocycles. The maximum atomic E-state index is 13.8. The van der Waals surface area contributed by atoms with E-state index in [1.165, 1.54) is 6.07 Å². The molecule has 1 aromatic rings. The number of rotatable bonds is 1. The lowest BCUT2D eigenvalue weighted by molar-refractivity contribution is -0.130. The van der Waals surface area contributed by atoms with Crippen LogP contribution in [0.2, 0.25) is 0 Å². The number of amides is 1. The molecule has 1 atom stereocenters. The van der Waals surface area contributed by atoms with Gasteiger partial charge < -0.3 is 4.90 Å². The van der Waals surface area contributed by atoms with Crippen LogP contribution in [0.5, 0.6) is 0 Å². The molecule has 0 N–H and O–H groups in total. The molecule has 0 saturated carbocycles. The molecule has 1 unspecified atom stereocenters. The molecule has 4 heteroatoms. The van der Waals surface area contributed by atoms with Crippen LogP contribution in [0.25, 0.3) is 0 Å². The summed E-state index contributed by atoms with van der Waals surface area (Å²) in [5.74, 6) is -0.879. The second-order valence-electron chi connectivity index (χ2n) is 5.35. The first-order valence-electron chi connectivity index (χ1n) is 6.72. The van der Waals surface area contributed by atoms with E-state index in [0.717, 1.165) is 5.56 Å². The van der Waals surface area contributed by atoms with E-state index in [1.54, 1.807) is 25.1 Å². The maximum Gasteiger partial charge on any atom is 0.232 e. The van der Waals surface area contributed by atoms with Crippen LogP contribution in [-0.2, 0) is 4.79 Å². The number of halogens is 1. The topological polar surface area (TPSA) is 33.2 Å². The van der Waals surface area contributed by atoms with Crippen molar-refractivity contribution in [3.05, 3.63) is 29.3 Å². The van der Waals surface area contributed by atoms with Crippen LogP contribution >= 0.6 is 0 Å². The van der Waals surface area contributed by atoms with Crippen molar-refractivity contribution in [2.75, 3.05) is 7.05 Å². The molecule has 0 bridgehead atoms. The Balaban J connectivity index is 0.000000861. The maximum absolute atomic E-state index is 13.8. The van der Waals surface area contributed by atoms with Gasteiger partial charge in [-0.1, -0.05) is 13.8 Å². The number of aromatic nitrogens is 1. The predicted molar refractivity (Wildman–Crippen MR) is 74.5 cm³/mol. The van der Waals surface area contributed by atoms with Gasteiger partial charge in [0.1, 0.15) is 5.82 Å². The highest BCUT2D eigenvalue weighted by molar-refractivity contribution is 5.86. The molecule has 0 radical (unpaired) electrons. The van der Waals surface area contributed by atoms with Gasteiger partial charge in [-0.15, -0.1) is 0 Å². The fourth-order valence-electron chi connectivity index (χ4n) is 2.27. The van der Waals surface area contributed by atoms with Gasteiger partial charge in [0.25, 0.3) is 0 Å². The van der Waals surface area contributed by atoms with Crippen molar-refractivity contribution in [2.45, 2.75) is 52.5 Å². The molecular weight excluding hydrogens is 243 g/mol. The first-order chi connectivity index (χ1) is 8.83. The molecule has 1 amide bonds. The largest absolute Gasteiger partial charge is 0.340 e.